The first-order valence-electron chi connectivity index (χ1n) is 7.71. The van der Waals surface area contributed by atoms with Gasteiger partial charge in [0.05, 0.1) is 7.11 Å². The molecule has 0 saturated carbocycles. The Labute approximate surface area is 138 Å². The molecule has 1 aromatic rings. The molecule has 0 bridgehead atoms. The highest BCUT2D eigenvalue weighted by Crippen LogP contribution is 2.21. The fraction of sp³-hybridized carbons (Fsp3) is 0.562. The fourth-order valence-electron chi connectivity index (χ4n) is 2.62. The minimum absolute atomic E-state index is 0.157. The number of alkyl halides is 3. The second kappa shape index (κ2) is 7.85. The van der Waals surface area contributed by atoms with Crippen LogP contribution in [-0.4, -0.2) is 72.9 Å². The van der Waals surface area contributed by atoms with Crippen LogP contribution in [0.25, 0.3) is 0 Å². The number of halogens is 3. The smallest absolute Gasteiger partial charge is 0.415 e. The minimum Gasteiger partial charge on any atom is -0.497 e. The van der Waals surface area contributed by atoms with Crippen LogP contribution in [0.3, 0.4) is 0 Å². The average molecular weight is 346 g/mol. The van der Waals surface area contributed by atoms with E-state index in [-0.39, 0.29) is 5.91 Å². The highest BCUT2D eigenvalue weighted by molar-refractivity contribution is 5.94. The van der Waals surface area contributed by atoms with Crippen LogP contribution in [0.4, 0.5) is 13.2 Å². The maximum Gasteiger partial charge on any atom is 0.415 e. The van der Waals surface area contributed by atoms with Crippen molar-refractivity contribution in [3.8, 4) is 5.75 Å². The number of aliphatic hydroxyl groups excluding tert-OH is 1. The predicted molar refractivity (Wildman–Crippen MR) is 82.0 cm³/mol. The van der Waals surface area contributed by atoms with E-state index in [9.17, 15) is 23.1 Å². The Morgan fingerprint density at radius 2 is 1.88 bits per heavy atom. The Balaban J connectivity index is 1.93. The molecule has 1 amide bonds. The summed E-state index contributed by atoms with van der Waals surface area (Å²) in [6, 6.07) is 6.71. The van der Waals surface area contributed by atoms with Crippen molar-refractivity contribution in [1.29, 1.82) is 0 Å². The number of hydrogen-bond acceptors (Lipinski definition) is 4. The van der Waals surface area contributed by atoms with Crippen molar-refractivity contribution in [2.75, 3.05) is 39.8 Å². The normalized spacial score (nSPS) is 18.1. The number of hydrogen-bond donors (Lipinski definition) is 1. The number of aliphatic hydroxyl groups is 1. The summed E-state index contributed by atoms with van der Waals surface area (Å²) in [6.07, 6.45) is -6.42. The molecule has 1 N–H and O–H groups in total. The molecule has 1 aliphatic heterocycles. The van der Waals surface area contributed by atoms with Crippen molar-refractivity contribution >= 4 is 5.91 Å². The van der Waals surface area contributed by atoms with E-state index < -0.39 is 18.8 Å². The van der Waals surface area contributed by atoms with Gasteiger partial charge in [0.25, 0.3) is 5.91 Å². The van der Waals surface area contributed by atoms with Gasteiger partial charge in [-0.15, -0.1) is 0 Å². The molecule has 24 heavy (non-hydrogen) atoms. The predicted octanol–water partition coefficient (Wildman–Crippen LogP) is 1.77. The molecule has 8 heteroatoms. The highest BCUT2D eigenvalue weighted by atomic mass is 19.4. The van der Waals surface area contributed by atoms with Crippen molar-refractivity contribution < 1.29 is 27.8 Å². The third-order valence-corrected chi connectivity index (χ3v) is 4.02. The molecular weight excluding hydrogens is 325 g/mol. The molecule has 0 unspecified atom stereocenters. The quantitative estimate of drug-likeness (QED) is 0.903. The molecule has 0 radical (unpaired) electrons. The number of amides is 1. The standard InChI is InChI=1S/C16H21F3N2O3/c1-24-13-5-3-12(4-6-13)15(23)21-8-2-7-20(9-10-21)11-14(22)16(17,18)19/h3-6,14,22H,2,7-11H2,1H3/t14-/m1/s1. The number of ether oxygens (including phenoxy) is 1. The molecule has 0 aromatic heterocycles. The molecule has 1 fully saturated rings. The molecule has 2 rings (SSSR count). The summed E-state index contributed by atoms with van der Waals surface area (Å²) < 4.78 is 42.4. The SMILES string of the molecule is COc1ccc(C(=O)N2CCCN(C[C@@H](O)C(F)(F)F)CC2)cc1. The molecule has 1 heterocycles. The van der Waals surface area contributed by atoms with Crippen LogP contribution in [0.15, 0.2) is 24.3 Å². The maximum absolute atomic E-state index is 12.5. The van der Waals surface area contributed by atoms with Gasteiger partial charge in [-0.1, -0.05) is 0 Å². The molecule has 0 spiro atoms. The van der Waals surface area contributed by atoms with Crippen molar-refractivity contribution in [1.82, 2.24) is 9.80 Å². The Morgan fingerprint density at radius 1 is 1.21 bits per heavy atom. The van der Waals surface area contributed by atoms with Crippen molar-refractivity contribution in [2.45, 2.75) is 18.7 Å². The lowest BCUT2D eigenvalue weighted by molar-refractivity contribution is -0.208. The molecule has 1 atom stereocenters. The lowest BCUT2D eigenvalue weighted by Crippen LogP contribution is -2.42. The highest BCUT2D eigenvalue weighted by Gasteiger charge is 2.39. The number of nitrogens with zero attached hydrogens (tertiary/aromatic N) is 2. The van der Waals surface area contributed by atoms with E-state index in [2.05, 4.69) is 0 Å². The van der Waals surface area contributed by atoms with Crippen LogP contribution in [0.2, 0.25) is 0 Å². The van der Waals surface area contributed by atoms with Crippen molar-refractivity contribution in [2.24, 2.45) is 0 Å². The number of β-amino-alcohol motifs (C(OH)–C–C–N with tert-alkyl or cyclic N) is 1. The summed E-state index contributed by atoms with van der Waals surface area (Å²) in [5, 5.41) is 9.17. The van der Waals surface area contributed by atoms with Crippen LogP contribution in [-0.2, 0) is 0 Å². The zero-order chi connectivity index (χ0) is 17.7. The third-order valence-electron chi connectivity index (χ3n) is 4.02. The lowest BCUT2D eigenvalue weighted by atomic mass is 10.2. The summed E-state index contributed by atoms with van der Waals surface area (Å²) >= 11 is 0. The van der Waals surface area contributed by atoms with E-state index in [0.29, 0.717) is 43.9 Å². The molecule has 134 valence electrons. The number of carbonyl (C=O) groups excluding carboxylic acids is 1. The zero-order valence-electron chi connectivity index (χ0n) is 13.4. The van der Waals surface area contributed by atoms with Crippen LogP contribution < -0.4 is 4.74 Å². The van der Waals surface area contributed by atoms with Gasteiger partial charge in [0.15, 0.2) is 6.10 Å². The van der Waals surface area contributed by atoms with E-state index in [4.69, 9.17) is 4.74 Å². The van der Waals surface area contributed by atoms with Crippen molar-refractivity contribution in [3.05, 3.63) is 29.8 Å². The molecule has 5 nitrogen and oxygen atoms in total. The maximum atomic E-state index is 12.5. The number of methoxy groups -OCH3 is 1. The molecule has 1 aliphatic rings. The fourth-order valence-corrected chi connectivity index (χ4v) is 2.62. The lowest BCUT2D eigenvalue weighted by Gasteiger charge is -2.25. The molecule has 0 aliphatic carbocycles. The third kappa shape index (κ3) is 4.85. The monoisotopic (exact) mass is 346 g/mol. The summed E-state index contributed by atoms with van der Waals surface area (Å²) in [5.74, 6) is 0.491. The second-order valence-corrected chi connectivity index (χ2v) is 5.73. The van der Waals surface area contributed by atoms with Crippen LogP contribution in [0, 0.1) is 0 Å². The van der Waals surface area contributed by atoms with Crippen LogP contribution >= 0.6 is 0 Å². The van der Waals surface area contributed by atoms with Crippen LogP contribution in [0.5, 0.6) is 5.75 Å². The topological polar surface area (TPSA) is 53.0 Å². The van der Waals surface area contributed by atoms with Gasteiger partial charge in [0.2, 0.25) is 0 Å². The van der Waals surface area contributed by atoms with E-state index in [1.807, 2.05) is 0 Å². The molecule has 1 saturated heterocycles. The first-order chi connectivity index (χ1) is 11.3. The summed E-state index contributed by atoms with van der Waals surface area (Å²) in [4.78, 5) is 15.6. The zero-order valence-corrected chi connectivity index (χ0v) is 13.4. The van der Waals surface area contributed by atoms with Crippen LogP contribution in [0.1, 0.15) is 16.8 Å². The van der Waals surface area contributed by atoms with Gasteiger partial charge >= 0.3 is 6.18 Å². The van der Waals surface area contributed by atoms with Gasteiger partial charge in [0.1, 0.15) is 5.75 Å². The average Bonchev–Trinajstić information content (AvgIpc) is 2.79. The molecular formula is C16H21F3N2O3. The number of benzene rings is 1. The first-order valence-corrected chi connectivity index (χ1v) is 7.71. The van der Waals surface area contributed by atoms with Gasteiger partial charge in [0, 0.05) is 38.3 Å². The van der Waals surface area contributed by atoms with Crippen molar-refractivity contribution in [3.63, 3.8) is 0 Å². The van der Waals surface area contributed by atoms with E-state index >= 15 is 0 Å². The van der Waals surface area contributed by atoms with Gasteiger partial charge in [-0.2, -0.15) is 13.2 Å². The summed E-state index contributed by atoms with van der Waals surface area (Å²) in [5.41, 5.74) is 0.513. The van der Waals surface area contributed by atoms with Gasteiger partial charge in [-0.3, -0.25) is 9.69 Å². The largest absolute Gasteiger partial charge is 0.497 e. The molecule has 1 aromatic carbocycles. The Morgan fingerprint density at radius 3 is 2.46 bits per heavy atom. The first kappa shape index (κ1) is 18.5. The van der Waals surface area contributed by atoms with Gasteiger partial charge < -0.3 is 14.7 Å². The summed E-state index contributed by atoms with van der Waals surface area (Å²) in [7, 11) is 1.54. The van der Waals surface area contributed by atoms with E-state index in [1.165, 1.54) is 7.11 Å². The van der Waals surface area contributed by atoms with E-state index in [0.717, 1.165) is 0 Å². The number of rotatable bonds is 4. The second-order valence-electron chi connectivity index (χ2n) is 5.73. The van der Waals surface area contributed by atoms with Gasteiger partial charge in [-0.05, 0) is 30.7 Å². The van der Waals surface area contributed by atoms with E-state index in [1.54, 1.807) is 34.1 Å². The Bertz CT molecular complexity index is 548. The van der Waals surface area contributed by atoms with Gasteiger partial charge in [-0.25, -0.2) is 0 Å². The summed E-state index contributed by atoms with van der Waals surface area (Å²) in [6.45, 7) is 1.06. The number of carbonyl (C=O) groups is 1. The minimum atomic E-state index is -4.62. The Kier molecular flexibility index (Phi) is 6.06. The Hall–Kier alpha value is -1.80.